The second-order valence-electron chi connectivity index (χ2n) is 9.67. The van der Waals surface area contributed by atoms with E-state index in [-0.39, 0.29) is 18.1 Å². The van der Waals surface area contributed by atoms with E-state index in [0.717, 1.165) is 38.2 Å². The molecular formula is C25H31ClF4O2. The molecule has 1 heterocycles. The van der Waals surface area contributed by atoms with E-state index in [1.54, 1.807) is 0 Å². The zero-order valence-electron chi connectivity index (χ0n) is 18.2. The standard InChI is InChI=1S/C25H31ClF4O2/c1-2-15-3-5-17(6-4-15)20-13-31-24(32-14-20)18-9-7-16(8-10-18)19-11-21(27)23(22(28)12-19)25(26,29)30/h2,11-12,15-18,20,24H,1,3-10,13-14H2. The summed E-state index contributed by atoms with van der Waals surface area (Å²) in [6, 6.07) is 2.00. The fourth-order valence-corrected chi connectivity index (χ4v) is 5.93. The molecule has 2 nitrogen and oxygen atoms in total. The molecule has 0 amide bonds. The number of halogens is 5. The summed E-state index contributed by atoms with van der Waals surface area (Å²) in [6.45, 7) is 5.35. The summed E-state index contributed by atoms with van der Waals surface area (Å²) in [5.41, 5.74) is -0.975. The van der Waals surface area contributed by atoms with Crippen molar-refractivity contribution in [1.82, 2.24) is 0 Å². The molecule has 4 rings (SSSR count). The Bertz CT molecular complexity index is 765. The highest BCUT2D eigenvalue weighted by Crippen LogP contribution is 2.43. The van der Waals surface area contributed by atoms with Gasteiger partial charge in [-0.1, -0.05) is 6.08 Å². The van der Waals surface area contributed by atoms with Gasteiger partial charge in [-0.25, -0.2) is 8.78 Å². The highest BCUT2D eigenvalue weighted by atomic mass is 35.5. The third-order valence-electron chi connectivity index (χ3n) is 7.74. The quantitative estimate of drug-likeness (QED) is 0.250. The average molecular weight is 475 g/mol. The predicted octanol–water partition coefficient (Wildman–Crippen LogP) is 7.51. The number of alkyl halides is 3. The Hall–Kier alpha value is -1.11. The Morgan fingerprint density at radius 1 is 0.844 bits per heavy atom. The third-order valence-corrected chi connectivity index (χ3v) is 7.93. The number of benzene rings is 1. The second-order valence-corrected chi connectivity index (χ2v) is 10.1. The van der Waals surface area contributed by atoms with Gasteiger partial charge in [0.25, 0.3) is 0 Å². The number of hydrogen-bond acceptors (Lipinski definition) is 2. The van der Waals surface area contributed by atoms with Gasteiger partial charge < -0.3 is 9.47 Å². The van der Waals surface area contributed by atoms with Crippen molar-refractivity contribution in [1.29, 1.82) is 0 Å². The SMILES string of the molecule is C=CC1CCC(C2COC(C3CCC(c4cc(F)c(C(F)(F)Cl)c(F)c4)CC3)OC2)CC1. The Labute approximate surface area is 192 Å². The number of ether oxygens (including phenoxy) is 2. The van der Waals surface area contributed by atoms with Crippen molar-refractivity contribution in [2.75, 3.05) is 13.2 Å². The maximum Gasteiger partial charge on any atom is 0.353 e. The van der Waals surface area contributed by atoms with Gasteiger partial charge in [0, 0.05) is 11.8 Å². The van der Waals surface area contributed by atoms with E-state index in [9.17, 15) is 17.6 Å². The zero-order chi connectivity index (χ0) is 22.9. The van der Waals surface area contributed by atoms with Gasteiger partial charge in [-0.3, -0.25) is 0 Å². The van der Waals surface area contributed by atoms with E-state index in [2.05, 4.69) is 12.7 Å². The minimum absolute atomic E-state index is 0.0790. The van der Waals surface area contributed by atoms with Crippen molar-refractivity contribution in [3.8, 4) is 0 Å². The Morgan fingerprint density at radius 3 is 1.88 bits per heavy atom. The van der Waals surface area contributed by atoms with Crippen molar-refractivity contribution >= 4 is 11.6 Å². The summed E-state index contributed by atoms with van der Waals surface area (Å²) in [5, 5.41) is -4.07. The van der Waals surface area contributed by atoms with Crippen molar-refractivity contribution in [3.63, 3.8) is 0 Å². The highest BCUT2D eigenvalue weighted by Gasteiger charge is 2.38. The number of hydrogen-bond donors (Lipinski definition) is 0. The maximum atomic E-state index is 14.1. The summed E-state index contributed by atoms with van der Waals surface area (Å²) in [6.07, 6.45) is 9.66. The van der Waals surface area contributed by atoms with Crippen LogP contribution in [0.5, 0.6) is 0 Å². The van der Waals surface area contributed by atoms with Crippen LogP contribution in [0.25, 0.3) is 0 Å². The monoisotopic (exact) mass is 474 g/mol. The van der Waals surface area contributed by atoms with E-state index >= 15 is 0 Å². The molecule has 178 valence electrons. The lowest BCUT2D eigenvalue weighted by Crippen LogP contribution is -2.41. The summed E-state index contributed by atoms with van der Waals surface area (Å²) < 4.78 is 66.9. The molecule has 1 aromatic rings. The maximum absolute atomic E-state index is 14.1. The van der Waals surface area contributed by atoms with Gasteiger partial charge >= 0.3 is 5.38 Å². The topological polar surface area (TPSA) is 18.5 Å². The van der Waals surface area contributed by atoms with Crippen LogP contribution in [0.2, 0.25) is 0 Å². The van der Waals surface area contributed by atoms with Gasteiger partial charge in [-0.05, 0) is 98.4 Å². The van der Waals surface area contributed by atoms with Crippen LogP contribution in [0.1, 0.15) is 68.4 Å². The van der Waals surface area contributed by atoms with Crippen LogP contribution >= 0.6 is 11.6 Å². The lowest BCUT2D eigenvalue weighted by Gasteiger charge is -2.41. The van der Waals surface area contributed by atoms with Crippen molar-refractivity contribution < 1.29 is 27.0 Å². The average Bonchev–Trinajstić information content (AvgIpc) is 2.78. The van der Waals surface area contributed by atoms with Crippen molar-refractivity contribution in [2.45, 2.75) is 69.0 Å². The van der Waals surface area contributed by atoms with E-state index in [1.807, 2.05) is 0 Å². The Balaban J connectivity index is 1.27. The van der Waals surface area contributed by atoms with Crippen LogP contribution in [0, 0.1) is 35.3 Å². The molecule has 1 aliphatic heterocycles. The van der Waals surface area contributed by atoms with Crippen LogP contribution in [0.4, 0.5) is 17.6 Å². The van der Waals surface area contributed by atoms with Crippen molar-refractivity contribution in [3.05, 3.63) is 47.5 Å². The summed E-state index contributed by atoms with van der Waals surface area (Å²) in [4.78, 5) is 0. The summed E-state index contributed by atoms with van der Waals surface area (Å²) in [5.74, 6) is -0.698. The van der Waals surface area contributed by atoms with Crippen LogP contribution in [-0.4, -0.2) is 19.5 Å². The van der Waals surface area contributed by atoms with Crippen LogP contribution in [0.15, 0.2) is 24.8 Å². The number of allylic oxidation sites excluding steroid dienone is 1. The molecule has 3 fully saturated rings. The predicted molar refractivity (Wildman–Crippen MR) is 116 cm³/mol. The molecule has 2 aliphatic carbocycles. The lowest BCUT2D eigenvalue weighted by molar-refractivity contribution is -0.236. The first-order valence-corrected chi connectivity index (χ1v) is 12.1. The van der Waals surface area contributed by atoms with Gasteiger partial charge in [-0.15, -0.1) is 6.58 Å². The van der Waals surface area contributed by atoms with Gasteiger partial charge in [0.05, 0.1) is 13.2 Å². The molecule has 0 bridgehead atoms. The molecular weight excluding hydrogens is 444 g/mol. The fourth-order valence-electron chi connectivity index (χ4n) is 5.75. The minimum atomic E-state index is -4.07. The van der Waals surface area contributed by atoms with Crippen LogP contribution in [-0.2, 0) is 14.9 Å². The van der Waals surface area contributed by atoms with Gasteiger partial charge in [-0.2, -0.15) is 8.78 Å². The molecule has 0 unspecified atom stereocenters. The normalized spacial score (nSPS) is 34.3. The molecule has 32 heavy (non-hydrogen) atoms. The lowest BCUT2D eigenvalue weighted by atomic mass is 9.75. The highest BCUT2D eigenvalue weighted by molar-refractivity contribution is 6.21. The van der Waals surface area contributed by atoms with E-state index < -0.39 is 22.6 Å². The number of rotatable bonds is 5. The molecule has 0 radical (unpaired) electrons. The molecule has 0 aromatic heterocycles. The first kappa shape index (κ1) is 24.0. The molecule has 1 saturated heterocycles. The van der Waals surface area contributed by atoms with Gasteiger partial charge in [0.1, 0.15) is 17.2 Å². The molecule has 1 aromatic carbocycles. The molecule has 2 saturated carbocycles. The minimum Gasteiger partial charge on any atom is -0.352 e. The molecule has 7 heteroatoms. The molecule has 0 atom stereocenters. The summed E-state index contributed by atoms with van der Waals surface area (Å²) in [7, 11) is 0. The van der Waals surface area contributed by atoms with Gasteiger partial charge in [0.2, 0.25) is 0 Å². The fraction of sp³-hybridized carbons (Fsp3) is 0.680. The van der Waals surface area contributed by atoms with Crippen LogP contribution in [0.3, 0.4) is 0 Å². The van der Waals surface area contributed by atoms with E-state index in [0.29, 0.717) is 36.2 Å². The molecule has 0 N–H and O–H groups in total. The largest absolute Gasteiger partial charge is 0.353 e. The van der Waals surface area contributed by atoms with Gasteiger partial charge in [0.15, 0.2) is 6.29 Å². The third kappa shape index (κ3) is 5.34. The van der Waals surface area contributed by atoms with E-state index in [1.165, 1.54) is 25.7 Å². The smallest absolute Gasteiger partial charge is 0.352 e. The van der Waals surface area contributed by atoms with Crippen LogP contribution < -0.4 is 0 Å². The summed E-state index contributed by atoms with van der Waals surface area (Å²) >= 11 is 4.84. The Kier molecular flexibility index (Phi) is 7.53. The Morgan fingerprint density at radius 2 is 1.38 bits per heavy atom. The second kappa shape index (κ2) is 10.0. The first-order valence-electron chi connectivity index (χ1n) is 11.7. The first-order chi connectivity index (χ1) is 15.3. The van der Waals surface area contributed by atoms with Crippen molar-refractivity contribution in [2.24, 2.45) is 23.7 Å². The molecule has 0 spiro atoms. The molecule has 3 aliphatic rings. The zero-order valence-corrected chi connectivity index (χ0v) is 18.9. The van der Waals surface area contributed by atoms with E-state index in [4.69, 9.17) is 21.1 Å².